The van der Waals surface area contributed by atoms with Crippen LogP contribution in [0.2, 0.25) is 0 Å². The highest BCUT2D eigenvalue weighted by Gasteiger charge is 2.35. The molecule has 30 heavy (non-hydrogen) atoms. The summed E-state index contributed by atoms with van der Waals surface area (Å²) in [6.07, 6.45) is 3.46. The van der Waals surface area contributed by atoms with Gasteiger partial charge in [0.05, 0.1) is 30.3 Å². The number of carbonyl (C=O) groups excluding carboxylic acids is 1. The van der Waals surface area contributed by atoms with Crippen LogP contribution in [0.25, 0.3) is 11.2 Å². The first kappa shape index (κ1) is 19.8. The highest BCUT2D eigenvalue weighted by Crippen LogP contribution is 2.28. The van der Waals surface area contributed by atoms with Crippen LogP contribution < -0.4 is 15.5 Å². The predicted octanol–water partition coefficient (Wildman–Crippen LogP) is 1.46. The van der Waals surface area contributed by atoms with Crippen molar-refractivity contribution in [2.45, 2.75) is 32.6 Å². The van der Waals surface area contributed by atoms with Crippen LogP contribution in [0.1, 0.15) is 12.6 Å². The lowest BCUT2D eigenvalue weighted by atomic mass is 10.2. The molecule has 1 aliphatic rings. The zero-order valence-corrected chi connectivity index (χ0v) is 17.1. The van der Waals surface area contributed by atoms with E-state index in [4.69, 9.17) is 0 Å². The molecule has 0 saturated carbocycles. The van der Waals surface area contributed by atoms with Gasteiger partial charge in [0, 0.05) is 26.3 Å². The van der Waals surface area contributed by atoms with Gasteiger partial charge in [0.25, 0.3) is 0 Å². The molecule has 10 nitrogen and oxygen atoms in total. The van der Waals surface area contributed by atoms with Crippen LogP contribution in [-0.2, 0) is 18.4 Å². The second-order valence-electron chi connectivity index (χ2n) is 7.24. The third-order valence-electron chi connectivity index (χ3n) is 5.10. The van der Waals surface area contributed by atoms with Crippen LogP contribution in [0.15, 0.2) is 25.2 Å². The van der Waals surface area contributed by atoms with Crippen molar-refractivity contribution in [1.29, 1.82) is 0 Å². The molecule has 1 amide bonds. The summed E-state index contributed by atoms with van der Waals surface area (Å²) in [5.74, 6) is 0.492. The summed E-state index contributed by atoms with van der Waals surface area (Å²) in [5.41, 5.74) is 2.89. The van der Waals surface area contributed by atoms with E-state index in [1.165, 1.54) is 0 Å². The molecule has 4 heterocycles. The molecule has 11 heteroatoms. The standard InChI is InChI=1S/C19H24FN9O/c1-5-15(30)22-14-9-29(7-12(14)20)19-24-17(23-13-8-27(4)26-11(13)3)16-18(25-19)28(6-2)10-21-16/h5,8,10,12,14H,1,6-7,9H2,2-4H3,(H,22,30)(H,23,24,25)/t12-,14-/m1/s1. The van der Waals surface area contributed by atoms with Gasteiger partial charge in [0.15, 0.2) is 17.0 Å². The van der Waals surface area contributed by atoms with E-state index in [1.54, 1.807) is 15.9 Å². The summed E-state index contributed by atoms with van der Waals surface area (Å²) in [6.45, 7) is 8.33. The van der Waals surface area contributed by atoms with Crippen LogP contribution in [0.5, 0.6) is 0 Å². The zero-order chi connectivity index (χ0) is 21.4. The molecule has 158 valence electrons. The zero-order valence-electron chi connectivity index (χ0n) is 17.1. The second-order valence-corrected chi connectivity index (χ2v) is 7.24. The minimum atomic E-state index is -1.23. The molecule has 0 aliphatic carbocycles. The fraction of sp³-hybridized carbons (Fsp3) is 0.421. The third-order valence-corrected chi connectivity index (χ3v) is 5.10. The number of hydrogen-bond acceptors (Lipinski definition) is 7. The highest BCUT2D eigenvalue weighted by atomic mass is 19.1. The summed E-state index contributed by atoms with van der Waals surface area (Å²) >= 11 is 0. The number of aryl methyl sites for hydroxylation is 3. The third kappa shape index (κ3) is 3.58. The Morgan fingerprint density at radius 1 is 1.40 bits per heavy atom. The van der Waals surface area contributed by atoms with Crippen LogP contribution in [0.4, 0.5) is 21.8 Å². The van der Waals surface area contributed by atoms with Crippen molar-refractivity contribution in [3.63, 3.8) is 0 Å². The van der Waals surface area contributed by atoms with Gasteiger partial charge in [-0.15, -0.1) is 0 Å². The molecule has 3 aromatic rings. The van der Waals surface area contributed by atoms with E-state index in [0.29, 0.717) is 29.5 Å². The number of halogens is 1. The van der Waals surface area contributed by atoms with Crippen molar-refractivity contribution in [2.75, 3.05) is 23.3 Å². The molecule has 4 rings (SSSR count). The minimum absolute atomic E-state index is 0.0826. The SMILES string of the molecule is C=CC(=O)N[C@@H]1CN(c2nc(Nc3cn(C)nc3C)c3ncn(CC)c3n2)C[C@H]1F. The quantitative estimate of drug-likeness (QED) is 0.590. The molecule has 0 spiro atoms. The Bertz CT molecular complexity index is 1110. The number of nitrogens with zero attached hydrogens (tertiary/aromatic N) is 7. The van der Waals surface area contributed by atoms with Crippen LogP contribution in [-0.4, -0.2) is 60.5 Å². The maximum Gasteiger partial charge on any atom is 0.243 e. The van der Waals surface area contributed by atoms with E-state index in [1.807, 2.05) is 31.7 Å². The van der Waals surface area contributed by atoms with Gasteiger partial charge in [0.2, 0.25) is 11.9 Å². The van der Waals surface area contributed by atoms with Crippen molar-refractivity contribution in [3.8, 4) is 0 Å². The lowest BCUT2D eigenvalue weighted by Gasteiger charge is -2.17. The maximum absolute atomic E-state index is 14.5. The van der Waals surface area contributed by atoms with Crippen molar-refractivity contribution in [1.82, 2.24) is 34.6 Å². The van der Waals surface area contributed by atoms with Gasteiger partial charge in [-0.1, -0.05) is 6.58 Å². The summed E-state index contributed by atoms with van der Waals surface area (Å²) in [7, 11) is 1.84. The minimum Gasteiger partial charge on any atom is -0.345 e. The molecular formula is C19H24FN9O. The van der Waals surface area contributed by atoms with Gasteiger partial charge in [0.1, 0.15) is 6.17 Å². The van der Waals surface area contributed by atoms with E-state index >= 15 is 0 Å². The first-order chi connectivity index (χ1) is 14.4. The molecule has 2 N–H and O–H groups in total. The molecule has 1 aliphatic heterocycles. The van der Waals surface area contributed by atoms with Crippen molar-refractivity contribution in [2.24, 2.45) is 7.05 Å². The normalized spacial score (nSPS) is 18.7. The van der Waals surface area contributed by atoms with E-state index in [9.17, 15) is 9.18 Å². The monoisotopic (exact) mass is 413 g/mol. The van der Waals surface area contributed by atoms with Gasteiger partial charge < -0.3 is 20.1 Å². The second kappa shape index (κ2) is 7.73. The molecule has 1 saturated heterocycles. The molecule has 1 fully saturated rings. The number of nitrogens with one attached hydrogen (secondary N) is 2. The molecule has 3 aromatic heterocycles. The van der Waals surface area contributed by atoms with Gasteiger partial charge in [-0.3, -0.25) is 9.48 Å². The smallest absolute Gasteiger partial charge is 0.243 e. The van der Waals surface area contributed by atoms with Gasteiger partial charge in [-0.2, -0.15) is 15.1 Å². The number of imidazole rings is 1. The molecular weight excluding hydrogens is 389 g/mol. The number of rotatable bonds is 6. The number of anilines is 3. The van der Waals surface area contributed by atoms with E-state index in [0.717, 1.165) is 17.5 Å². The van der Waals surface area contributed by atoms with Crippen LogP contribution >= 0.6 is 0 Å². The summed E-state index contributed by atoms with van der Waals surface area (Å²) in [5, 5.41) is 10.3. The summed E-state index contributed by atoms with van der Waals surface area (Å²) in [4.78, 5) is 27.1. The fourth-order valence-electron chi connectivity index (χ4n) is 3.55. The number of carbonyl (C=O) groups is 1. The van der Waals surface area contributed by atoms with Crippen LogP contribution in [0, 0.1) is 6.92 Å². The predicted molar refractivity (Wildman–Crippen MR) is 111 cm³/mol. The number of aromatic nitrogens is 6. The lowest BCUT2D eigenvalue weighted by Crippen LogP contribution is -2.40. The average Bonchev–Trinajstić information content (AvgIpc) is 3.39. The first-order valence-corrected chi connectivity index (χ1v) is 9.71. The van der Waals surface area contributed by atoms with E-state index in [2.05, 4.69) is 37.3 Å². The summed E-state index contributed by atoms with van der Waals surface area (Å²) in [6, 6.07) is -0.650. The fourth-order valence-corrected chi connectivity index (χ4v) is 3.55. The van der Waals surface area contributed by atoms with Crippen molar-refractivity contribution < 1.29 is 9.18 Å². The van der Waals surface area contributed by atoms with E-state index in [-0.39, 0.29) is 13.1 Å². The largest absolute Gasteiger partial charge is 0.345 e. The first-order valence-electron chi connectivity index (χ1n) is 9.71. The number of amides is 1. The topological polar surface area (TPSA) is 106 Å². The highest BCUT2D eigenvalue weighted by molar-refractivity contribution is 5.88. The number of fused-ring (bicyclic) bond motifs is 1. The Morgan fingerprint density at radius 2 is 2.20 bits per heavy atom. The van der Waals surface area contributed by atoms with Crippen molar-refractivity contribution >= 4 is 34.5 Å². The Morgan fingerprint density at radius 3 is 2.87 bits per heavy atom. The maximum atomic E-state index is 14.5. The Balaban J connectivity index is 1.71. The Kier molecular flexibility index (Phi) is 5.10. The summed E-state index contributed by atoms with van der Waals surface area (Å²) < 4.78 is 18.1. The van der Waals surface area contributed by atoms with E-state index < -0.39 is 18.1 Å². The Hall–Kier alpha value is -3.50. The molecule has 0 bridgehead atoms. The van der Waals surface area contributed by atoms with Gasteiger partial charge in [-0.05, 0) is 19.9 Å². The number of alkyl halides is 1. The average molecular weight is 413 g/mol. The lowest BCUT2D eigenvalue weighted by molar-refractivity contribution is -0.117. The molecule has 2 atom stereocenters. The van der Waals surface area contributed by atoms with Gasteiger partial charge in [-0.25, -0.2) is 9.37 Å². The van der Waals surface area contributed by atoms with Crippen molar-refractivity contribution in [3.05, 3.63) is 30.9 Å². The molecule has 0 aromatic carbocycles. The Labute approximate surface area is 172 Å². The molecule has 0 unspecified atom stereocenters. The number of hydrogen-bond donors (Lipinski definition) is 2. The van der Waals surface area contributed by atoms with Gasteiger partial charge >= 0.3 is 0 Å². The van der Waals surface area contributed by atoms with Crippen LogP contribution in [0.3, 0.4) is 0 Å². The molecule has 0 radical (unpaired) electrons.